The topological polar surface area (TPSA) is 12.9 Å². The number of thiocarbonyl (C=S) groups is 1. The molecule has 0 aliphatic carbocycles. The minimum absolute atomic E-state index is 0.340. The zero-order valence-corrected chi connectivity index (χ0v) is 13.0. The predicted octanol–water partition coefficient (Wildman–Crippen LogP) is 5.62. The van der Waals surface area contributed by atoms with E-state index in [2.05, 4.69) is 4.98 Å². The van der Waals surface area contributed by atoms with Crippen LogP contribution in [0.3, 0.4) is 0 Å². The van der Waals surface area contributed by atoms with Crippen LogP contribution in [-0.4, -0.2) is 8.51 Å². The summed E-state index contributed by atoms with van der Waals surface area (Å²) in [5.41, 5.74) is 0. The Balaban J connectivity index is 1.98. The summed E-state index contributed by atoms with van der Waals surface area (Å²) in [5.74, 6) is 0. The fourth-order valence-electron chi connectivity index (χ4n) is 0.986. The zero-order valence-electron chi connectivity index (χ0n) is 8.22. The summed E-state index contributed by atoms with van der Waals surface area (Å²) in [7, 11) is 0. The zero-order chi connectivity index (χ0) is 12.3. The summed E-state index contributed by atoms with van der Waals surface area (Å²) in [6.45, 7) is 0. The van der Waals surface area contributed by atoms with Gasteiger partial charge in [0.1, 0.15) is 7.86 Å². The largest absolute Gasteiger partial charge is 0.216 e. The lowest BCUT2D eigenvalue weighted by Crippen LogP contribution is -1.80. The van der Waals surface area contributed by atoms with Gasteiger partial charge in [0.25, 0.3) is 0 Å². The molecule has 1 nitrogen and oxygen atoms in total. The second-order valence-electron chi connectivity index (χ2n) is 2.81. The molecule has 2 rings (SSSR count). The number of halogens is 2. The van der Waals surface area contributed by atoms with Crippen molar-refractivity contribution in [2.45, 2.75) is 9.24 Å². The Morgan fingerprint density at radius 1 is 1.18 bits per heavy atom. The van der Waals surface area contributed by atoms with E-state index in [1.165, 1.54) is 34.9 Å². The average molecular weight is 338 g/mol. The lowest BCUT2D eigenvalue weighted by Gasteiger charge is -2.00. The Hall–Kier alpha value is 0.220. The van der Waals surface area contributed by atoms with Gasteiger partial charge in [0.15, 0.2) is 9.49 Å². The maximum absolute atomic E-state index is 5.83. The fourth-order valence-corrected chi connectivity index (χ4v) is 5.07. The minimum Gasteiger partial charge on any atom is -0.216 e. The molecule has 0 radical (unpaired) electrons. The van der Waals surface area contributed by atoms with E-state index in [0.29, 0.717) is 9.49 Å². The summed E-state index contributed by atoms with van der Waals surface area (Å²) in [5, 5.41) is 0.340. The lowest BCUT2D eigenvalue weighted by atomic mass is 10.4. The van der Waals surface area contributed by atoms with Crippen molar-refractivity contribution >= 4 is 73.8 Å². The van der Waals surface area contributed by atoms with Gasteiger partial charge in [-0.2, -0.15) is 0 Å². The quantitative estimate of drug-likeness (QED) is 0.520. The van der Waals surface area contributed by atoms with Crippen LogP contribution in [0.25, 0.3) is 0 Å². The Labute approximate surface area is 127 Å². The summed E-state index contributed by atoms with van der Waals surface area (Å²) in [6.07, 6.45) is 0. The van der Waals surface area contributed by atoms with Crippen molar-refractivity contribution in [1.29, 1.82) is 0 Å². The maximum Gasteiger partial charge on any atom is 0.160 e. The summed E-state index contributed by atoms with van der Waals surface area (Å²) >= 11 is 21.2. The van der Waals surface area contributed by atoms with E-state index in [4.69, 9.17) is 35.4 Å². The molecule has 2 aromatic rings. The highest BCUT2D eigenvalue weighted by atomic mass is 35.5. The number of hydrogen-bond acceptors (Lipinski definition) is 5. The van der Waals surface area contributed by atoms with Crippen LogP contribution >= 0.6 is 70.3 Å². The van der Waals surface area contributed by atoms with E-state index in [1.54, 1.807) is 0 Å². The van der Waals surface area contributed by atoms with Crippen molar-refractivity contribution in [3.63, 3.8) is 0 Å². The second-order valence-corrected chi connectivity index (χ2v) is 8.30. The van der Waals surface area contributed by atoms with Gasteiger partial charge in [0.2, 0.25) is 0 Å². The number of benzene rings is 1. The highest BCUT2D eigenvalue weighted by Crippen LogP contribution is 2.37. The van der Waals surface area contributed by atoms with Gasteiger partial charge in [-0.25, -0.2) is 4.98 Å². The van der Waals surface area contributed by atoms with Crippen LogP contribution in [0.15, 0.2) is 39.6 Å². The van der Waals surface area contributed by atoms with E-state index < -0.39 is 0 Å². The van der Waals surface area contributed by atoms with Crippen LogP contribution in [0.1, 0.15) is 0 Å². The number of thioether (sulfide) groups is 2. The van der Waals surface area contributed by atoms with Gasteiger partial charge in [-0.1, -0.05) is 76.7 Å². The van der Waals surface area contributed by atoms with Crippen molar-refractivity contribution in [2.24, 2.45) is 0 Å². The standard InChI is InChI=1S/C10H5Cl2NS4/c11-7-8(12)16-9(13-7)17-10(14)15-6-4-2-1-3-5-6/h1-5H. The highest BCUT2D eigenvalue weighted by molar-refractivity contribution is 8.47. The monoisotopic (exact) mass is 337 g/mol. The van der Waals surface area contributed by atoms with Crippen LogP contribution in [0.5, 0.6) is 0 Å². The molecule has 0 saturated heterocycles. The Kier molecular flexibility index (Phi) is 5.14. The Bertz CT molecular complexity index is 507. The van der Waals surface area contributed by atoms with Crippen LogP contribution in [0.4, 0.5) is 0 Å². The van der Waals surface area contributed by atoms with Crippen LogP contribution < -0.4 is 0 Å². The van der Waals surface area contributed by atoms with Gasteiger partial charge in [-0.3, -0.25) is 0 Å². The maximum atomic E-state index is 5.83. The van der Waals surface area contributed by atoms with Gasteiger partial charge in [0.05, 0.1) is 0 Å². The summed E-state index contributed by atoms with van der Waals surface area (Å²) in [4.78, 5) is 5.22. The minimum atomic E-state index is 0.340. The normalized spacial score (nSPS) is 10.5. The van der Waals surface area contributed by atoms with Gasteiger partial charge >= 0.3 is 0 Å². The van der Waals surface area contributed by atoms with Crippen molar-refractivity contribution < 1.29 is 0 Å². The van der Waals surface area contributed by atoms with Gasteiger partial charge in [0, 0.05) is 4.90 Å². The molecule has 1 aromatic carbocycles. The number of nitrogens with zero attached hydrogens (tertiary/aromatic N) is 1. The number of thiazole rings is 1. The first-order valence-corrected chi connectivity index (χ1v) is 8.03. The lowest BCUT2D eigenvalue weighted by molar-refractivity contribution is 1.26. The fraction of sp³-hybridized carbons (Fsp3) is 0. The highest BCUT2D eigenvalue weighted by Gasteiger charge is 2.10. The average Bonchev–Trinajstić information content (AvgIpc) is 2.59. The first-order valence-electron chi connectivity index (χ1n) is 4.41. The SMILES string of the molecule is S=C(Sc1ccccc1)Sc1nc(Cl)c(Cl)s1. The molecular formula is C10H5Cl2NS4. The van der Waals surface area contributed by atoms with Gasteiger partial charge < -0.3 is 0 Å². The molecule has 88 valence electrons. The molecule has 0 N–H and O–H groups in total. The molecule has 7 heteroatoms. The van der Waals surface area contributed by atoms with Crippen LogP contribution in [-0.2, 0) is 0 Å². The molecule has 17 heavy (non-hydrogen) atoms. The van der Waals surface area contributed by atoms with E-state index in [9.17, 15) is 0 Å². The molecule has 0 bridgehead atoms. The molecule has 0 fully saturated rings. The Morgan fingerprint density at radius 3 is 2.47 bits per heavy atom. The summed E-state index contributed by atoms with van der Waals surface area (Å²) in [6, 6.07) is 9.96. The molecule has 1 heterocycles. The van der Waals surface area contributed by atoms with E-state index in [-0.39, 0.29) is 0 Å². The molecule has 0 aliphatic rings. The molecule has 0 unspecified atom stereocenters. The molecule has 0 aliphatic heterocycles. The number of aromatic nitrogens is 1. The van der Waals surface area contributed by atoms with Gasteiger partial charge in [-0.15, -0.1) is 0 Å². The van der Waals surface area contributed by atoms with Crippen molar-refractivity contribution in [3.8, 4) is 0 Å². The third-order valence-corrected chi connectivity index (χ3v) is 5.78. The van der Waals surface area contributed by atoms with Crippen LogP contribution in [0.2, 0.25) is 9.49 Å². The molecule has 0 spiro atoms. The molecule has 0 atom stereocenters. The van der Waals surface area contributed by atoms with E-state index in [0.717, 1.165) is 12.8 Å². The third-order valence-electron chi connectivity index (χ3n) is 1.64. The predicted molar refractivity (Wildman–Crippen MR) is 82.9 cm³/mol. The number of rotatable bonds is 2. The van der Waals surface area contributed by atoms with E-state index in [1.807, 2.05) is 30.3 Å². The molecule has 0 saturated carbocycles. The first kappa shape index (κ1) is 13.6. The Morgan fingerprint density at radius 2 is 1.88 bits per heavy atom. The van der Waals surface area contributed by atoms with Crippen molar-refractivity contribution in [3.05, 3.63) is 39.8 Å². The van der Waals surface area contributed by atoms with E-state index >= 15 is 0 Å². The second kappa shape index (κ2) is 6.41. The van der Waals surface area contributed by atoms with Crippen molar-refractivity contribution in [2.75, 3.05) is 0 Å². The molecule has 1 aromatic heterocycles. The van der Waals surface area contributed by atoms with Crippen LogP contribution in [0, 0.1) is 0 Å². The van der Waals surface area contributed by atoms with Crippen molar-refractivity contribution in [1.82, 2.24) is 4.98 Å². The third kappa shape index (κ3) is 4.12. The number of hydrogen-bond donors (Lipinski definition) is 0. The molecular weight excluding hydrogens is 333 g/mol. The van der Waals surface area contributed by atoms with Gasteiger partial charge in [-0.05, 0) is 23.9 Å². The smallest absolute Gasteiger partial charge is 0.160 e. The summed E-state index contributed by atoms with van der Waals surface area (Å²) < 4.78 is 2.05. The molecule has 0 amide bonds. The first-order chi connectivity index (χ1) is 8.15.